The van der Waals surface area contributed by atoms with Gasteiger partial charge in [-0.05, 0) is 37.5 Å². The lowest BCUT2D eigenvalue weighted by atomic mass is 10.0. The summed E-state index contributed by atoms with van der Waals surface area (Å²) in [4.78, 5) is 27.6. The van der Waals surface area contributed by atoms with E-state index < -0.39 is 11.7 Å². The number of carbonyl (C=O) groups excluding carboxylic acids is 2. The molecule has 0 aromatic heterocycles. The largest absolute Gasteiger partial charge is 0.416 e. The van der Waals surface area contributed by atoms with Gasteiger partial charge in [-0.2, -0.15) is 13.2 Å². The topological polar surface area (TPSA) is 52.7 Å². The maximum absolute atomic E-state index is 12.9. The predicted octanol–water partition coefficient (Wildman–Crippen LogP) is 2.51. The fourth-order valence-electron chi connectivity index (χ4n) is 3.56. The van der Waals surface area contributed by atoms with E-state index >= 15 is 0 Å². The Labute approximate surface area is 156 Å². The molecule has 0 radical (unpaired) electrons. The van der Waals surface area contributed by atoms with E-state index in [9.17, 15) is 22.8 Å². The summed E-state index contributed by atoms with van der Waals surface area (Å²) in [6.07, 6.45) is -2.43. The van der Waals surface area contributed by atoms with Gasteiger partial charge in [0.05, 0.1) is 17.4 Å². The van der Waals surface area contributed by atoms with Gasteiger partial charge in [0.2, 0.25) is 11.8 Å². The first-order chi connectivity index (χ1) is 12.7. The van der Waals surface area contributed by atoms with Gasteiger partial charge in [0, 0.05) is 38.9 Å². The standard InChI is InChI=1S/C19H24F3N3O2/c1-24(2)18(27)16-11-15(16)17(26)23-13-6-8-25(9-7-13)14-5-3-4-12(10-14)19(20,21)22/h3-5,10,13,15-16H,6-9,11H2,1-2H3,(H,23,26)/t15-,16+/m0/s1. The van der Waals surface area contributed by atoms with Gasteiger partial charge in [0.15, 0.2) is 0 Å². The Kier molecular flexibility index (Phi) is 5.35. The number of carbonyl (C=O) groups is 2. The number of benzene rings is 1. The molecule has 2 aliphatic rings. The van der Waals surface area contributed by atoms with Crippen molar-refractivity contribution in [1.82, 2.24) is 10.2 Å². The van der Waals surface area contributed by atoms with Crippen LogP contribution >= 0.6 is 0 Å². The van der Waals surface area contributed by atoms with Crippen LogP contribution in [0.3, 0.4) is 0 Å². The van der Waals surface area contributed by atoms with Gasteiger partial charge in [0.1, 0.15) is 0 Å². The molecule has 5 nitrogen and oxygen atoms in total. The lowest BCUT2D eigenvalue weighted by Gasteiger charge is -2.34. The van der Waals surface area contributed by atoms with Crippen LogP contribution in [0.4, 0.5) is 18.9 Å². The Morgan fingerprint density at radius 3 is 2.41 bits per heavy atom. The van der Waals surface area contributed by atoms with Crippen molar-refractivity contribution >= 4 is 17.5 Å². The zero-order valence-electron chi connectivity index (χ0n) is 15.4. The molecule has 0 spiro atoms. The lowest BCUT2D eigenvalue weighted by molar-refractivity contribution is -0.137. The van der Waals surface area contributed by atoms with Crippen molar-refractivity contribution in [3.05, 3.63) is 29.8 Å². The summed E-state index contributed by atoms with van der Waals surface area (Å²) < 4.78 is 38.6. The molecule has 1 aromatic carbocycles. The highest BCUT2D eigenvalue weighted by atomic mass is 19.4. The van der Waals surface area contributed by atoms with Crippen LogP contribution in [0.25, 0.3) is 0 Å². The number of piperidine rings is 1. The van der Waals surface area contributed by atoms with E-state index in [1.54, 1.807) is 20.2 Å². The molecule has 0 bridgehead atoms. The third-order valence-electron chi connectivity index (χ3n) is 5.27. The van der Waals surface area contributed by atoms with Crippen molar-refractivity contribution in [3.8, 4) is 0 Å². The summed E-state index contributed by atoms with van der Waals surface area (Å²) >= 11 is 0. The summed E-state index contributed by atoms with van der Waals surface area (Å²) in [6, 6.07) is 5.32. The molecule has 8 heteroatoms. The molecule has 2 fully saturated rings. The Morgan fingerprint density at radius 1 is 1.15 bits per heavy atom. The van der Waals surface area contributed by atoms with Gasteiger partial charge in [-0.15, -0.1) is 0 Å². The zero-order valence-corrected chi connectivity index (χ0v) is 15.4. The zero-order chi connectivity index (χ0) is 19.8. The van der Waals surface area contributed by atoms with Crippen LogP contribution in [-0.2, 0) is 15.8 Å². The molecule has 27 heavy (non-hydrogen) atoms. The summed E-state index contributed by atoms with van der Waals surface area (Å²) in [5, 5.41) is 3.00. The quantitative estimate of drug-likeness (QED) is 0.869. The number of hydrogen-bond acceptors (Lipinski definition) is 3. The average Bonchev–Trinajstić information content (AvgIpc) is 3.42. The van der Waals surface area contributed by atoms with E-state index in [4.69, 9.17) is 0 Å². The SMILES string of the molecule is CN(C)C(=O)[C@@H]1C[C@@H]1C(=O)NC1CCN(c2cccc(C(F)(F)F)c2)CC1. The molecular formula is C19H24F3N3O2. The molecule has 1 heterocycles. The molecule has 1 saturated heterocycles. The minimum Gasteiger partial charge on any atom is -0.371 e. The van der Waals surface area contributed by atoms with E-state index in [2.05, 4.69) is 5.32 Å². The van der Waals surface area contributed by atoms with Crippen molar-refractivity contribution in [3.63, 3.8) is 0 Å². The molecule has 1 N–H and O–H groups in total. The summed E-state index contributed by atoms with van der Waals surface area (Å²) in [5.74, 6) is -0.575. The first-order valence-corrected chi connectivity index (χ1v) is 9.10. The number of amides is 2. The van der Waals surface area contributed by atoms with Crippen LogP contribution in [0.5, 0.6) is 0 Å². The molecular weight excluding hydrogens is 359 g/mol. The number of hydrogen-bond donors (Lipinski definition) is 1. The smallest absolute Gasteiger partial charge is 0.371 e. The molecule has 1 aliphatic carbocycles. The Bertz CT molecular complexity index is 712. The van der Waals surface area contributed by atoms with Gasteiger partial charge >= 0.3 is 6.18 Å². The number of alkyl halides is 3. The minimum atomic E-state index is -4.35. The fourth-order valence-corrected chi connectivity index (χ4v) is 3.56. The van der Waals surface area contributed by atoms with Gasteiger partial charge in [-0.1, -0.05) is 6.07 Å². The highest BCUT2D eigenvalue weighted by molar-refractivity contribution is 5.92. The molecule has 2 atom stereocenters. The van der Waals surface area contributed by atoms with Crippen LogP contribution in [-0.4, -0.2) is 49.9 Å². The molecule has 148 valence electrons. The highest BCUT2D eigenvalue weighted by Crippen LogP contribution is 2.40. The van der Waals surface area contributed by atoms with Crippen LogP contribution < -0.4 is 10.2 Å². The van der Waals surface area contributed by atoms with E-state index in [0.717, 1.165) is 6.07 Å². The van der Waals surface area contributed by atoms with Crippen LogP contribution in [0, 0.1) is 11.8 Å². The van der Waals surface area contributed by atoms with E-state index in [1.165, 1.54) is 17.0 Å². The summed E-state index contributed by atoms with van der Waals surface area (Å²) in [5.41, 5.74) is -0.103. The number of rotatable bonds is 4. The van der Waals surface area contributed by atoms with Crippen LogP contribution in [0.1, 0.15) is 24.8 Å². The number of anilines is 1. The highest BCUT2D eigenvalue weighted by Gasteiger charge is 2.49. The second-order valence-electron chi connectivity index (χ2n) is 7.50. The van der Waals surface area contributed by atoms with Crippen molar-refractivity contribution in [2.24, 2.45) is 11.8 Å². The molecule has 3 rings (SSSR count). The van der Waals surface area contributed by atoms with E-state index in [0.29, 0.717) is 38.0 Å². The number of nitrogens with zero attached hydrogens (tertiary/aromatic N) is 2. The molecule has 1 saturated carbocycles. The van der Waals surface area contributed by atoms with Crippen molar-refractivity contribution in [2.75, 3.05) is 32.1 Å². The molecule has 0 unspecified atom stereocenters. The second-order valence-corrected chi connectivity index (χ2v) is 7.50. The van der Waals surface area contributed by atoms with Gasteiger partial charge in [0.25, 0.3) is 0 Å². The molecule has 1 aromatic rings. The first kappa shape index (κ1) is 19.5. The minimum absolute atomic E-state index is 0.00439. The maximum Gasteiger partial charge on any atom is 0.416 e. The van der Waals surface area contributed by atoms with E-state index in [-0.39, 0.29) is 29.7 Å². The Morgan fingerprint density at radius 2 is 1.81 bits per heavy atom. The van der Waals surface area contributed by atoms with Gasteiger partial charge in [-0.25, -0.2) is 0 Å². The van der Waals surface area contributed by atoms with Crippen molar-refractivity contribution in [1.29, 1.82) is 0 Å². The fraction of sp³-hybridized carbons (Fsp3) is 0.579. The monoisotopic (exact) mass is 383 g/mol. The number of nitrogens with one attached hydrogen (secondary N) is 1. The summed E-state index contributed by atoms with van der Waals surface area (Å²) in [6.45, 7) is 1.16. The normalized spacial score (nSPS) is 23.1. The van der Waals surface area contributed by atoms with Crippen LogP contribution in [0.15, 0.2) is 24.3 Å². The Hall–Kier alpha value is -2.25. The van der Waals surface area contributed by atoms with Gasteiger partial charge < -0.3 is 15.1 Å². The third kappa shape index (κ3) is 4.54. The Balaban J connectivity index is 1.50. The predicted molar refractivity (Wildman–Crippen MR) is 95.1 cm³/mol. The second kappa shape index (κ2) is 7.40. The average molecular weight is 383 g/mol. The van der Waals surface area contributed by atoms with Crippen molar-refractivity contribution in [2.45, 2.75) is 31.5 Å². The number of halogens is 3. The van der Waals surface area contributed by atoms with Crippen LogP contribution in [0.2, 0.25) is 0 Å². The lowest BCUT2D eigenvalue weighted by Crippen LogP contribution is -2.45. The van der Waals surface area contributed by atoms with E-state index in [1.807, 2.05) is 4.90 Å². The van der Waals surface area contributed by atoms with Crippen molar-refractivity contribution < 1.29 is 22.8 Å². The first-order valence-electron chi connectivity index (χ1n) is 9.10. The maximum atomic E-state index is 12.9. The molecule has 1 aliphatic heterocycles. The third-order valence-corrected chi connectivity index (χ3v) is 5.27. The molecule has 2 amide bonds. The van der Waals surface area contributed by atoms with Gasteiger partial charge in [-0.3, -0.25) is 9.59 Å². The summed E-state index contributed by atoms with van der Waals surface area (Å²) in [7, 11) is 3.36.